The van der Waals surface area contributed by atoms with Crippen molar-refractivity contribution in [1.29, 1.82) is 0 Å². The molecule has 3 aromatic heterocycles. The van der Waals surface area contributed by atoms with Crippen LogP contribution in [-0.4, -0.2) is 50.8 Å². The van der Waals surface area contributed by atoms with Crippen molar-refractivity contribution < 1.29 is 0 Å². The van der Waals surface area contributed by atoms with Crippen LogP contribution in [0.4, 0.5) is 0 Å². The van der Waals surface area contributed by atoms with Crippen molar-refractivity contribution in [3.63, 3.8) is 0 Å². The predicted molar refractivity (Wildman–Crippen MR) is 177 cm³/mol. The fraction of sp³-hybridized carbons (Fsp3) is 0. The summed E-state index contributed by atoms with van der Waals surface area (Å²) in [5.41, 5.74) is 5.83. The lowest BCUT2D eigenvalue weighted by atomic mass is 10.1. The fourth-order valence-electron chi connectivity index (χ4n) is 5.67. The normalized spacial score (nSPS) is 11.8. The first-order chi connectivity index (χ1) is 20.6. The van der Waals surface area contributed by atoms with Crippen LogP contribution in [0, 0.1) is 0 Å². The molecule has 206 valence electrons. The van der Waals surface area contributed by atoms with Gasteiger partial charge in [0, 0.05) is 43.8 Å². The molecule has 0 radical (unpaired) electrons. The van der Waals surface area contributed by atoms with Crippen LogP contribution in [0.2, 0.25) is 10.0 Å². The van der Waals surface area contributed by atoms with Gasteiger partial charge in [-0.15, -0.1) is 0 Å². The number of aromatic nitrogens is 8. The Kier molecular flexibility index (Phi) is 5.70. The molecule has 2 aliphatic rings. The van der Waals surface area contributed by atoms with E-state index in [0.717, 1.165) is 38.4 Å². The standard InChI is InChI=1S/C32H16Cl2N8.H4Si/c33-22-14-13-21-23(24(22)34)32-41-30-20-12-6-5-11-19(20)28(39-30)37-26-16-8-2-1-7-15(16)25(35-26)36-27-17-9-3-4-10-18(17)29(38-27)40-31(21)42-32;/h1-14H,(H2,35,36,37,38,39,40,41,42);1H4. The van der Waals surface area contributed by atoms with Crippen molar-refractivity contribution in [3.05, 3.63) is 95.0 Å². The second-order valence-electron chi connectivity index (χ2n) is 10.0. The largest absolute Gasteiger partial charge is 0.324 e. The number of aromatic amines is 2. The van der Waals surface area contributed by atoms with E-state index in [-0.39, 0.29) is 11.0 Å². The molecule has 7 aromatic rings. The quantitative estimate of drug-likeness (QED) is 0.183. The van der Waals surface area contributed by atoms with E-state index in [9.17, 15) is 0 Å². The lowest BCUT2D eigenvalue weighted by molar-refractivity contribution is 1.19. The van der Waals surface area contributed by atoms with Crippen molar-refractivity contribution in [3.8, 4) is 45.6 Å². The molecule has 11 heteroatoms. The van der Waals surface area contributed by atoms with E-state index in [1.54, 1.807) is 6.07 Å². The van der Waals surface area contributed by atoms with Gasteiger partial charge in [0.15, 0.2) is 23.3 Å². The van der Waals surface area contributed by atoms with Crippen LogP contribution in [0.1, 0.15) is 0 Å². The van der Waals surface area contributed by atoms with Gasteiger partial charge in [-0.1, -0.05) is 96.0 Å². The molecule has 0 aliphatic carbocycles. The molecule has 2 aliphatic heterocycles. The van der Waals surface area contributed by atoms with Crippen LogP contribution >= 0.6 is 23.2 Å². The minimum Gasteiger partial charge on any atom is -0.324 e. The zero-order valence-electron chi connectivity index (χ0n) is 21.5. The van der Waals surface area contributed by atoms with Crippen molar-refractivity contribution in [2.24, 2.45) is 0 Å². The number of nitrogens with zero attached hydrogens (tertiary/aromatic N) is 6. The maximum Gasteiger partial charge on any atom is 0.164 e. The molecule has 5 heterocycles. The monoisotopic (exact) mass is 614 g/mol. The molecule has 0 unspecified atom stereocenters. The topological polar surface area (TPSA) is 109 Å². The highest BCUT2D eigenvalue weighted by Gasteiger charge is 2.22. The Morgan fingerprint density at radius 1 is 0.419 bits per heavy atom. The first-order valence-electron chi connectivity index (χ1n) is 13.2. The lowest BCUT2D eigenvalue weighted by Gasteiger charge is -1.98. The zero-order chi connectivity index (χ0) is 27.9. The number of fused-ring (bicyclic) bond motifs is 20. The van der Waals surface area contributed by atoms with Gasteiger partial charge in [0.05, 0.1) is 10.0 Å². The van der Waals surface area contributed by atoms with E-state index < -0.39 is 0 Å². The first kappa shape index (κ1) is 25.7. The third-order valence-electron chi connectivity index (χ3n) is 7.61. The molecule has 2 N–H and O–H groups in total. The van der Waals surface area contributed by atoms with Crippen molar-refractivity contribution in [2.75, 3.05) is 0 Å². The first-order valence-corrected chi connectivity index (χ1v) is 14.0. The SMILES string of the molecule is Clc1ccc2c3nc4nc(nc5[nH]c(nc6nc(nc([nH]3)c2c1Cl)-c1ccccc1-6)c1ccccc51)-c1ccccc1-4.[SiH4]. The maximum atomic E-state index is 6.77. The van der Waals surface area contributed by atoms with Gasteiger partial charge in [-0.05, 0) is 23.1 Å². The summed E-state index contributed by atoms with van der Waals surface area (Å²) in [6.45, 7) is 0. The van der Waals surface area contributed by atoms with E-state index in [2.05, 4.69) is 9.97 Å². The lowest BCUT2D eigenvalue weighted by Crippen LogP contribution is -1.83. The Labute approximate surface area is 257 Å². The van der Waals surface area contributed by atoms with E-state index in [1.807, 2.05) is 78.9 Å². The van der Waals surface area contributed by atoms with E-state index in [4.69, 9.17) is 53.1 Å². The van der Waals surface area contributed by atoms with E-state index >= 15 is 0 Å². The third kappa shape index (κ3) is 3.82. The molecular formula is C32H20Cl2N8Si. The molecule has 43 heavy (non-hydrogen) atoms. The summed E-state index contributed by atoms with van der Waals surface area (Å²) in [5, 5.41) is 4.06. The number of nitrogens with one attached hydrogen (secondary N) is 2. The molecule has 0 saturated heterocycles. The summed E-state index contributed by atoms with van der Waals surface area (Å²) in [4.78, 5) is 36.5. The van der Waals surface area contributed by atoms with Gasteiger partial charge in [-0.2, -0.15) is 0 Å². The summed E-state index contributed by atoms with van der Waals surface area (Å²) in [6, 6.07) is 27.4. The molecule has 8 bridgehead atoms. The van der Waals surface area contributed by atoms with E-state index in [1.165, 1.54) is 0 Å². The van der Waals surface area contributed by atoms with Gasteiger partial charge in [-0.25, -0.2) is 29.9 Å². The molecule has 0 amide bonds. The van der Waals surface area contributed by atoms with Crippen LogP contribution in [-0.2, 0) is 0 Å². The summed E-state index contributed by atoms with van der Waals surface area (Å²) in [7, 11) is 0. The van der Waals surface area contributed by atoms with Crippen LogP contribution in [0.3, 0.4) is 0 Å². The minimum absolute atomic E-state index is 0. The second kappa shape index (κ2) is 9.53. The zero-order valence-corrected chi connectivity index (χ0v) is 23.0. The Hall–Kier alpha value is -4.96. The summed E-state index contributed by atoms with van der Waals surface area (Å²) in [5.74, 6) is 2.12. The van der Waals surface area contributed by atoms with E-state index in [0.29, 0.717) is 61.3 Å². The average Bonchev–Trinajstić information content (AvgIpc) is 3.74. The number of benzene rings is 4. The number of hydrogen-bond acceptors (Lipinski definition) is 6. The van der Waals surface area contributed by atoms with Crippen LogP contribution in [0.15, 0.2) is 84.9 Å². The number of halogens is 2. The molecule has 4 aromatic carbocycles. The van der Waals surface area contributed by atoms with Crippen LogP contribution in [0.25, 0.3) is 89.7 Å². The fourth-order valence-corrected chi connectivity index (χ4v) is 6.08. The minimum atomic E-state index is 0. The third-order valence-corrected chi connectivity index (χ3v) is 8.41. The molecular weight excluding hydrogens is 595 g/mol. The number of H-pyrrole nitrogens is 2. The van der Waals surface area contributed by atoms with Crippen LogP contribution < -0.4 is 0 Å². The molecule has 0 atom stereocenters. The highest BCUT2D eigenvalue weighted by atomic mass is 35.5. The Morgan fingerprint density at radius 3 is 1.30 bits per heavy atom. The summed E-state index contributed by atoms with van der Waals surface area (Å²) >= 11 is 13.2. The average molecular weight is 616 g/mol. The molecule has 0 fully saturated rings. The van der Waals surface area contributed by atoms with Gasteiger partial charge in [0.25, 0.3) is 0 Å². The van der Waals surface area contributed by atoms with Crippen molar-refractivity contribution >= 4 is 78.3 Å². The molecule has 9 rings (SSSR count). The van der Waals surface area contributed by atoms with Gasteiger partial charge in [0.1, 0.15) is 22.6 Å². The van der Waals surface area contributed by atoms with Gasteiger partial charge < -0.3 is 9.97 Å². The maximum absolute atomic E-state index is 6.77. The smallest absolute Gasteiger partial charge is 0.164 e. The summed E-state index contributed by atoms with van der Waals surface area (Å²) < 4.78 is 0. The van der Waals surface area contributed by atoms with Crippen LogP contribution in [0.5, 0.6) is 0 Å². The second-order valence-corrected chi connectivity index (χ2v) is 10.8. The summed E-state index contributed by atoms with van der Waals surface area (Å²) in [6.07, 6.45) is 0. The number of hydrogen-bond donors (Lipinski definition) is 2. The number of rotatable bonds is 0. The Bertz CT molecular complexity index is 2460. The van der Waals surface area contributed by atoms with Crippen molar-refractivity contribution in [2.45, 2.75) is 0 Å². The molecule has 0 spiro atoms. The highest BCUT2D eigenvalue weighted by molar-refractivity contribution is 6.46. The van der Waals surface area contributed by atoms with Gasteiger partial charge in [-0.3, -0.25) is 0 Å². The highest BCUT2D eigenvalue weighted by Crippen LogP contribution is 2.39. The predicted octanol–water partition coefficient (Wildman–Crippen LogP) is 6.72. The molecule has 8 nitrogen and oxygen atoms in total. The Balaban J connectivity index is 0.00000278. The molecule has 0 saturated carbocycles. The van der Waals surface area contributed by atoms with Gasteiger partial charge in [0.2, 0.25) is 0 Å². The van der Waals surface area contributed by atoms with Crippen molar-refractivity contribution in [1.82, 2.24) is 39.9 Å². The van der Waals surface area contributed by atoms with Gasteiger partial charge >= 0.3 is 0 Å². The Morgan fingerprint density at radius 2 is 0.814 bits per heavy atom.